The predicted octanol–water partition coefficient (Wildman–Crippen LogP) is 6.44. The molecular formula is C26H45NO. The van der Waals surface area contributed by atoms with Gasteiger partial charge in [-0.2, -0.15) is 0 Å². The van der Waals surface area contributed by atoms with E-state index in [9.17, 15) is 4.79 Å². The summed E-state index contributed by atoms with van der Waals surface area (Å²) < 4.78 is 0. The number of hydrogen-bond donors (Lipinski definition) is 1. The second kappa shape index (κ2) is 7.62. The van der Waals surface area contributed by atoms with E-state index in [-0.39, 0.29) is 5.91 Å². The van der Waals surface area contributed by atoms with Gasteiger partial charge in [-0.15, -0.1) is 0 Å². The zero-order valence-corrected chi connectivity index (χ0v) is 19.2. The van der Waals surface area contributed by atoms with Crippen molar-refractivity contribution < 1.29 is 4.79 Å². The van der Waals surface area contributed by atoms with Gasteiger partial charge in [0.25, 0.3) is 0 Å². The third-order valence-electron chi connectivity index (χ3n) is 10.8. The maximum atomic E-state index is 11.8. The predicted molar refractivity (Wildman–Crippen MR) is 117 cm³/mol. The molecule has 0 aromatic rings. The first-order valence-electron chi connectivity index (χ1n) is 12.5. The summed E-state index contributed by atoms with van der Waals surface area (Å²) in [4.78, 5) is 11.8. The molecule has 0 aromatic heterocycles. The summed E-state index contributed by atoms with van der Waals surface area (Å²) in [6.07, 6.45) is 15.1. The number of nitrogens with one attached hydrogen (secondary N) is 1. The molecule has 9 unspecified atom stereocenters. The third kappa shape index (κ3) is 3.25. The van der Waals surface area contributed by atoms with E-state index >= 15 is 0 Å². The Hall–Kier alpha value is -0.530. The van der Waals surface area contributed by atoms with Crippen LogP contribution in [0.2, 0.25) is 0 Å². The van der Waals surface area contributed by atoms with E-state index in [1.807, 2.05) is 0 Å². The van der Waals surface area contributed by atoms with Crippen molar-refractivity contribution in [2.24, 2.45) is 52.3 Å². The summed E-state index contributed by atoms with van der Waals surface area (Å²) in [7, 11) is 1.77. The molecule has 2 heteroatoms. The molecule has 0 spiro atoms. The Labute approximate surface area is 174 Å². The Kier molecular flexibility index (Phi) is 5.64. The average Bonchev–Trinajstić information content (AvgIpc) is 3.03. The lowest BCUT2D eigenvalue weighted by Crippen LogP contribution is -2.53. The molecule has 4 aliphatic carbocycles. The minimum atomic E-state index is 0.216. The van der Waals surface area contributed by atoms with Crippen molar-refractivity contribution >= 4 is 5.91 Å². The van der Waals surface area contributed by atoms with Gasteiger partial charge in [0.15, 0.2) is 0 Å². The molecule has 4 fully saturated rings. The van der Waals surface area contributed by atoms with Crippen molar-refractivity contribution in [1.82, 2.24) is 5.32 Å². The van der Waals surface area contributed by atoms with Crippen molar-refractivity contribution in [2.45, 2.75) is 98.3 Å². The highest BCUT2D eigenvalue weighted by Crippen LogP contribution is 2.68. The van der Waals surface area contributed by atoms with Crippen molar-refractivity contribution in [2.75, 3.05) is 7.05 Å². The molecule has 1 N–H and O–H groups in total. The molecule has 0 radical (unpaired) electrons. The van der Waals surface area contributed by atoms with Crippen LogP contribution in [-0.4, -0.2) is 13.0 Å². The van der Waals surface area contributed by atoms with E-state index in [1.54, 1.807) is 7.05 Å². The highest BCUT2D eigenvalue weighted by atomic mass is 16.1. The third-order valence-corrected chi connectivity index (χ3v) is 10.8. The van der Waals surface area contributed by atoms with E-state index in [2.05, 4.69) is 33.0 Å². The molecule has 0 aromatic carbocycles. The van der Waals surface area contributed by atoms with Crippen molar-refractivity contribution in [3.8, 4) is 0 Å². The summed E-state index contributed by atoms with van der Waals surface area (Å²) in [5.74, 6) is 6.64. The lowest BCUT2D eigenvalue weighted by molar-refractivity contribution is -0.123. The van der Waals surface area contributed by atoms with Gasteiger partial charge in [0, 0.05) is 13.5 Å². The number of rotatable bonds is 4. The molecule has 28 heavy (non-hydrogen) atoms. The van der Waals surface area contributed by atoms with Crippen LogP contribution in [-0.2, 0) is 4.79 Å². The SMILES string of the molecule is CNC(=O)CCC(C)C1CCC2C3CCC4CC(C)CCC4(C)C3CCC12C. The summed E-state index contributed by atoms with van der Waals surface area (Å²) in [6.45, 7) is 10.3. The van der Waals surface area contributed by atoms with Crippen LogP contribution in [0.15, 0.2) is 0 Å². The lowest BCUT2D eigenvalue weighted by atomic mass is 9.44. The molecule has 4 aliphatic rings. The first-order chi connectivity index (χ1) is 13.3. The second-order valence-electron chi connectivity index (χ2n) is 12.0. The fourth-order valence-electron chi connectivity index (χ4n) is 9.13. The van der Waals surface area contributed by atoms with E-state index in [0.29, 0.717) is 23.2 Å². The molecule has 0 heterocycles. The number of fused-ring (bicyclic) bond motifs is 5. The van der Waals surface area contributed by atoms with Crippen molar-refractivity contribution in [3.05, 3.63) is 0 Å². The fourth-order valence-corrected chi connectivity index (χ4v) is 9.13. The van der Waals surface area contributed by atoms with Gasteiger partial charge in [-0.3, -0.25) is 4.79 Å². The molecule has 4 rings (SSSR count). The summed E-state index contributed by atoms with van der Waals surface area (Å²) in [6, 6.07) is 0. The first-order valence-corrected chi connectivity index (χ1v) is 12.5. The smallest absolute Gasteiger partial charge is 0.219 e. The van der Waals surface area contributed by atoms with Gasteiger partial charge in [-0.1, -0.05) is 34.1 Å². The minimum absolute atomic E-state index is 0.216. The molecular weight excluding hydrogens is 342 g/mol. The van der Waals surface area contributed by atoms with Gasteiger partial charge in [0.2, 0.25) is 5.91 Å². The molecule has 0 aliphatic heterocycles. The Morgan fingerprint density at radius 3 is 2.46 bits per heavy atom. The number of hydrogen-bond acceptors (Lipinski definition) is 1. The molecule has 0 bridgehead atoms. The normalized spacial score (nSPS) is 48.9. The Bertz CT molecular complexity index is 587. The zero-order chi connectivity index (χ0) is 20.1. The van der Waals surface area contributed by atoms with Crippen LogP contribution >= 0.6 is 0 Å². The number of amides is 1. The topological polar surface area (TPSA) is 29.1 Å². The van der Waals surface area contributed by atoms with Gasteiger partial charge in [-0.25, -0.2) is 0 Å². The number of carbonyl (C=O) groups excluding carboxylic acids is 1. The molecule has 2 nitrogen and oxygen atoms in total. The van der Waals surface area contributed by atoms with Crippen LogP contribution in [0, 0.1) is 52.3 Å². The highest BCUT2D eigenvalue weighted by molar-refractivity contribution is 5.75. The van der Waals surface area contributed by atoms with E-state index in [1.165, 1.54) is 57.8 Å². The molecule has 1 amide bonds. The standard InChI is InChI=1S/C26H45NO/c1-17-12-14-25(3)19(16-17)7-8-20-22-10-9-21(18(2)6-11-24(28)27-5)26(22,4)15-13-23(20)25/h17-23H,6-16H2,1-5H3,(H,27,28). The second-order valence-corrected chi connectivity index (χ2v) is 12.0. The summed E-state index contributed by atoms with van der Waals surface area (Å²) in [5, 5.41) is 2.81. The minimum Gasteiger partial charge on any atom is -0.359 e. The van der Waals surface area contributed by atoms with Crippen LogP contribution in [0.5, 0.6) is 0 Å². The van der Waals surface area contributed by atoms with Gasteiger partial charge < -0.3 is 5.32 Å². The Morgan fingerprint density at radius 1 is 1.00 bits per heavy atom. The monoisotopic (exact) mass is 387 g/mol. The Morgan fingerprint density at radius 2 is 1.71 bits per heavy atom. The van der Waals surface area contributed by atoms with Gasteiger partial charge >= 0.3 is 0 Å². The number of carbonyl (C=O) groups is 1. The van der Waals surface area contributed by atoms with E-state index in [4.69, 9.17) is 0 Å². The molecule has 4 saturated carbocycles. The first kappa shape index (κ1) is 20.7. The van der Waals surface area contributed by atoms with Crippen LogP contribution in [0.25, 0.3) is 0 Å². The average molecular weight is 388 g/mol. The largest absolute Gasteiger partial charge is 0.359 e. The zero-order valence-electron chi connectivity index (χ0n) is 19.2. The van der Waals surface area contributed by atoms with Gasteiger partial charge in [0.05, 0.1) is 0 Å². The molecule has 9 atom stereocenters. The fraction of sp³-hybridized carbons (Fsp3) is 0.962. The lowest BCUT2D eigenvalue weighted by Gasteiger charge is -2.61. The van der Waals surface area contributed by atoms with Crippen LogP contribution < -0.4 is 5.32 Å². The van der Waals surface area contributed by atoms with Crippen molar-refractivity contribution in [3.63, 3.8) is 0 Å². The highest BCUT2D eigenvalue weighted by Gasteiger charge is 2.60. The van der Waals surface area contributed by atoms with Crippen LogP contribution in [0.3, 0.4) is 0 Å². The van der Waals surface area contributed by atoms with Crippen LogP contribution in [0.1, 0.15) is 98.3 Å². The van der Waals surface area contributed by atoms with Crippen LogP contribution in [0.4, 0.5) is 0 Å². The van der Waals surface area contributed by atoms with Gasteiger partial charge in [-0.05, 0) is 110 Å². The van der Waals surface area contributed by atoms with Gasteiger partial charge in [0.1, 0.15) is 0 Å². The summed E-state index contributed by atoms with van der Waals surface area (Å²) in [5.41, 5.74) is 1.17. The quantitative estimate of drug-likeness (QED) is 0.590. The molecule has 0 saturated heterocycles. The van der Waals surface area contributed by atoms with E-state index in [0.717, 1.165) is 41.9 Å². The molecule has 160 valence electrons. The van der Waals surface area contributed by atoms with E-state index < -0.39 is 0 Å². The maximum absolute atomic E-state index is 11.8. The van der Waals surface area contributed by atoms with Crippen molar-refractivity contribution in [1.29, 1.82) is 0 Å². The summed E-state index contributed by atoms with van der Waals surface area (Å²) >= 11 is 0. The Balaban J connectivity index is 1.48. The maximum Gasteiger partial charge on any atom is 0.219 e.